The van der Waals surface area contributed by atoms with Crippen LogP contribution in [0.25, 0.3) is 5.65 Å². The monoisotopic (exact) mass is 364 g/mol. The predicted molar refractivity (Wildman–Crippen MR) is 106 cm³/mol. The van der Waals surface area contributed by atoms with Crippen molar-refractivity contribution in [2.45, 2.75) is 32.7 Å². The zero-order valence-corrected chi connectivity index (χ0v) is 15.8. The average molecular weight is 364 g/mol. The number of benzene rings is 1. The lowest BCUT2D eigenvalue weighted by Gasteiger charge is -2.14. The molecule has 0 aliphatic carbocycles. The molecule has 3 N–H and O–H groups in total. The molecule has 0 saturated heterocycles. The van der Waals surface area contributed by atoms with Gasteiger partial charge in [0.2, 0.25) is 0 Å². The van der Waals surface area contributed by atoms with Crippen LogP contribution in [0.5, 0.6) is 0 Å². The zero-order valence-electron chi connectivity index (χ0n) is 15.8. The summed E-state index contributed by atoms with van der Waals surface area (Å²) >= 11 is 0. The van der Waals surface area contributed by atoms with Gasteiger partial charge in [-0.05, 0) is 41.7 Å². The zero-order chi connectivity index (χ0) is 19.6. The van der Waals surface area contributed by atoms with Crippen molar-refractivity contribution in [1.82, 2.24) is 14.7 Å². The van der Waals surface area contributed by atoms with E-state index < -0.39 is 11.5 Å². The summed E-state index contributed by atoms with van der Waals surface area (Å²) in [6, 6.07) is 11.3. The number of fused-ring (bicyclic) bond motifs is 1. The Hall–Kier alpha value is -2.99. The molecule has 140 valence electrons. The number of nitrogens with two attached hydrogens (primary N) is 1. The van der Waals surface area contributed by atoms with Crippen molar-refractivity contribution in [1.29, 1.82) is 0 Å². The summed E-state index contributed by atoms with van der Waals surface area (Å²) < 4.78 is 1.37. The fourth-order valence-corrected chi connectivity index (χ4v) is 2.88. The highest BCUT2D eigenvalue weighted by Gasteiger charge is 2.15. The molecule has 3 rings (SSSR count). The van der Waals surface area contributed by atoms with Crippen LogP contribution >= 0.6 is 0 Å². The number of rotatable bonds is 5. The van der Waals surface area contributed by atoms with Crippen molar-refractivity contribution in [3.8, 4) is 0 Å². The minimum absolute atomic E-state index is 0.00120. The summed E-state index contributed by atoms with van der Waals surface area (Å²) in [6.07, 6.45) is 2.94. The van der Waals surface area contributed by atoms with Crippen LogP contribution in [0.15, 0.2) is 53.6 Å². The molecule has 0 bridgehead atoms. The Morgan fingerprint density at radius 2 is 1.85 bits per heavy atom. The van der Waals surface area contributed by atoms with Gasteiger partial charge in [0.15, 0.2) is 0 Å². The molecule has 1 unspecified atom stereocenters. The molecular formula is C21H24N4O2. The lowest BCUT2D eigenvalue weighted by molar-refractivity contribution is 0.0949. The van der Waals surface area contributed by atoms with E-state index in [1.165, 1.54) is 16.2 Å². The number of carbonyl (C=O) groups is 1. The number of pyridine rings is 1. The number of nitrogens with zero attached hydrogens (tertiary/aromatic N) is 2. The molecule has 2 heterocycles. The molecule has 0 aliphatic heterocycles. The van der Waals surface area contributed by atoms with E-state index in [0.717, 1.165) is 11.1 Å². The summed E-state index contributed by atoms with van der Waals surface area (Å²) in [5.74, 6) is -0.0242. The van der Waals surface area contributed by atoms with Crippen LogP contribution < -0.4 is 16.6 Å². The molecule has 6 heteroatoms. The van der Waals surface area contributed by atoms with Crippen LogP contribution in [-0.2, 0) is 0 Å². The van der Waals surface area contributed by atoms with Crippen LogP contribution in [0.1, 0.15) is 52.9 Å². The fraction of sp³-hybridized carbons (Fsp3) is 0.286. The highest BCUT2D eigenvalue weighted by molar-refractivity contribution is 5.93. The van der Waals surface area contributed by atoms with Crippen molar-refractivity contribution < 1.29 is 4.79 Å². The largest absolute Gasteiger partial charge is 0.350 e. The Morgan fingerprint density at radius 3 is 2.52 bits per heavy atom. The molecule has 1 amide bonds. The Labute approximate surface area is 158 Å². The van der Waals surface area contributed by atoms with E-state index >= 15 is 0 Å². The SMILES string of the molecule is Cc1ccn2c(=O)c(C(=O)NCC(N)c3ccc(C(C)C)cc3)cnc2c1. The van der Waals surface area contributed by atoms with Crippen molar-refractivity contribution >= 4 is 11.6 Å². The first-order valence-electron chi connectivity index (χ1n) is 8.98. The molecule has 0 saturated carbocycles. The number of hydrogen-bond acceptors (Lipinski definition) is 4. The molecule has 0 fully saturated rings. The minimum Gasteiger partial charge on any atom is -0.350 e. The van der Waals surface area contributed by atoms with Gasteiger partial charge in [-0.3, -0.25) is 14.0 Å². The van der Waals surface area contributed by atoms with E-state index in [-0.39, 0.29) is 18.2 Å². The van der Waals surface area contributed by atoms with Crippen LogP contribution in [-0.4, -0.2) is 21.8 Å². The third-order valence-corrected chi connectivity index (χ3v) is 4.62. The second-order valence-electron chi connectivity index (χ2n) is 7.05. The number of carbonyl (C=O) groups excluding carboxylic acids is 1. The van der Waals surface area contributed by atoms with Crippen molar-refractivity contribution in [3.63, 3.8) is 0 Å². The highest BCUT2D eigenvalue weighted by atomic mass is 16.2. The molecule has 6 nitrogen and oxygen atoms in total. The summed E-state index contributed by atoms with van der Waals surface area (Å²) in [6.45, 7) is 6.41. The van der Waals surface area contributed by atoms with Crippen molar-refractivity contribution in [2.75, 3.05) is 6.54 Å². The first-order valence-corrected chi connectivity index (χ1v) is 8.98. The molecule has 1 aromatic carbocycles. The maximum Gasteiger partial charge on any atom is 0.270 e. The molecule has 1 atom stereocenters. The standard InChI is InChI=1S/C21H24N4O2/c1-13(2)15-4-6-16(7-5-15)18(22)12-24-20(26)17-11-23-19-10-14(3)8-9-25(19)21(17)27/h4-11,13,18H,12,22H2,1-3H3,(H,24,26). The molecular weight excluding hydrogens is 340 g/mol. The Morgan fingerprint density at radius 1 is 1.19 bits per heavy atom. The molecule has 0 spiro atoms. The van der Waals surface area contributed by atoms with Gasteiger partial charge in [0.25, 0.3) is 11.5 Å². The van der Waals surface area contributed by atoms with Gasteiger partial charge in [0.1, 0.15) is 11.2 Å². The highest BCUT2D eigenvalue weighted by Crippen LogP contribution is 2.17. The summed E-state index contributed by atoms with van der Waals surface area (Å²) in [7, 11) is 0. The van der Waals surface area contributed by atoms with E-state index in [1.807, 2.05) is 31.2 Å². The van der Waals surface area contributed by atoms with Crippen LogP contribution in [0.3, 0.4) is 0 Å². The second-order valence-corrected chi connectivity index (χ2v) is 7.05. The van der Waals surface area contributed by atoms with Gasteiger partial charge in [-0.2, -0.15) is 0 Å². The van der Waals surface area contributed by atoms with Crippen molar-refractivity contribution in [3.05, 3.63) is 81.4 Å². The summed E-state index contributed by atoms with van der Waals surface area (Å²) in [5, 5.41) is 2.73. The van der Waals surface area contributed by atoms with Crippen LogP contribution in [0.2, 0.25) is 0 Å². The maximum absolute atomic E-state index is 12.5. The quantitative estimate of drug-likeness (QED) is 0.728. The lowest BCUT2D eigenvalue weighted by Crippen LogP contribution is -2.36. The number of hydrogen-bond donors (Lipinski definition) is 2. The van der Waals surface area contributed by atoms with Gasteiger partial charge in [-0.25, -0.2) is 4.98 Å². The van der Waals surface area contributed by atoms with Gasteiger partial charge < -0.3 is 11.1 Å². The van der Waals surface area contributed by atoms with Gasteiger partial charge in [-0.15, -0.1) is 0 Å². The van der Waals surface area contributed by atoms with Crippen molar-refractivity contribution in [2.24, 2.45) is 5.73 Å². The Kier molecular flexibility index (Phi) is 5.37. The summed E-state index contributed by atoms with van der Waals surface area (Å²) in [4.78, 5) is 29.2. The van der Waals surface area contributed by atoms with Gasteiger partial charge in [0.05, 0.1) is 0 Å². The van der Waals surface area contributed by atoms with Crippen LogP contribution in [0, 0.1) is 6.92 Å². The molecule has 27 heavy (non-hydrogen) atoms. The first kappa shape index (κ1) is 18.8. The first-order chi connectivity index (χ1) is 12.9. The normalized spacial score (nSPS) is 12.3. The number of amides is 1. The summed E-state index contributed by atoms with van der Waals surface area (Å²) in [5.41, 5.74) is 9.46. The fourth-order valence-electron chi connectivity index (χ4n) is 2.88. The Bertz CT molecular complexity index is 1020. The molecule has 3 aromatic rings. The van der Waals surface area contributed by atoms with E-state index in [1.54, 1.807) is 18.3 Å². The van der Waals surface area contributed by atoms with Gasteiger partial charge in [-0.1, -0.05) is 38.1 Å². The average Bonchev–Trinajstić information content (AvgIpc) is 2.66. The van der Waals surface area contributed by atoms with E-state index in [4.69, 9.17) is 5.73 Å². The van der Waals surface area contributed by atoms with Crippen LogP contribution in [0.4, 0.5) is 0 Å². The molecule has 0 radical (unpaired) electrons. The molecule has 2 aromatic heterocycles. The van der Waals surface area contributed by atoms with E-state index in [9.17, 15) is 9.59 Å². The Balaban J connectivity index is 1.72. The lowest BCUT2D eigenvalue weighted by atomic mass is 9.99. The minimum atomic E-state index is -0.475. The third-order valence-electron chi connectivity index (χ3n) is 4.62. The smallest absolute Gasteiger partial charge is 0.270 e. The number of nitrogens with one attached hydrogen (secondary N) is 1. The van der Waals surface area contributed by atoms with E-state index in [0.29, 0.717) is 11.6 Å². The second kappa shape index (κ2) is 7.72. The van der Waals surface area contributed by atoms with Gasteiger partial charge in [0, 0.05) is 25.0 Å². The molecule has 0 aliphatic rings. The third kappa shape index (κ3) is 4.06. The van der Waals surface area contributed by atoms with Gasteiger partial charge >= 0.3 is 0 Å². The maximum atomic E-state index is 12.5. The van der Waals surface area contributed by atoms with E-state index in [2.05, 4.69) is 24.1 Å². The number of aromatic nitrogens is 2. The predicted octanol–water partition coefficient (Wildman–Crippen LogP) is 2.56. The topological polar surface area (TPSA) is 89.5 Å². The number of aryl methyl sites for hydroxylation is 1.